The van der Waals surface area contributed by atoms with E-state index in [0.717, 1.165) is 16.7 Å². The number of rotatable bonds is 0. The molecule has 2 rings (SSSR count). The molecule has 0 saturated heterocycles. The van der Waals surface area contributed by atoms with Crippen LogP contribution in [0.25, 0.3) is 10.9 Å². The molecule has 0 fully saturated rings. The Morgan fingerprint density at radius 1 is 1.15 bits per heavy atom. The molecular weight excluding hydrogens is 162 g/mol. The summed E-state index contributed by atoms with van der Waals surface area (Å²) in [6.45, 7) is 7.97. The lowest BCUT2D eigenvalue weighted by Gasteiger charge is -1.88. The van der Waals surface area contributed by atoms with Crippen molar-refractivity contribution in [3.05, 3.63) is 29.5 Å². The van der Waals surface area contributed by atoms with Gasteiger partial charge in [0, 0.05) is 5.39 Å². The SMILES string of the molecule is CC.Cc1ccc2c(C)onc2c1. The normalized spacial score (nSPS) is 9.54. The van der Waals surface area contributed by atoms with Gasteiger partial charge in [0.25, 0.3) is 0 Å². The molecule has 1 aromatic carbocycles. The van der Waals surface area contributed by atoms with Gasteiger partial charge in [-0.15, -0.1) is 0 Å². The molecule has 2 heteroatoms. The molecule has 0 spiro atoms. The van der Waals surface area contributed by atoms with Gasteiger partial charge >= 0.3 is 0 Å². The Bertz CT molecular complexity index is 390. The fourth-order valence-corrected chi connectivity index (χ4v) is 1.18. The molecule has 0 saturated carbocycles. The standard InChI is InChI=1S/C9H9NO.C2H6/c1-6-3-4-8-7(2)11-10-9(8)5-6;1-2/h3-5H,1-2H3;1-2H3. The summed E-state index contributed by atoms with van der Waals surface area (Å²) in [6, 6.07) is 6.12. The van der Waals surface area contributed by atoms with Crippen LogP contribution in [0.4, 0.5) is 0 Å². The summed E-state index contributed by atoms with van der Waals surface area (Å²) >= 11 is 0. The van der Waals surface area contributed by atoms with Gasteiger partial charge < -0.3 is 4.52 Å². The third-order valence-corrected chi connectivity index (χ3v) is 1.81. The highest BCUT2D eigenvalue weighted by molar-refractivity contribution is 5.80. The van der Waals surface area contributed by atoms with Crippen molar-refractivity contribution in [1.29, 1.82) is 0 Å². The van der Waals surface area contributed by atoms with E-state index < -0.39 is 0 Å². The number of aromatic nitrogens is 1. The minimum Gasteiger partial charge on any atom is -0.360 e. The summed E-state index contributed by atoms with van der Waals surface area (Å²) < 4.78 is 5.02. The highest BCUT2D eigenvalue weighted by atomic mass is 16.5. The first-order valence-corrected chi connectivity index (χ1v) is 4.60. The van der Waals surface area contributed by atoms with E-state index in [4.69, 9.17) is 4.52 Å². The average Bonchev–Trinajstić information content (AvgIpc) is 2.51. The molecule has 13 heavy (non-hydrogen) atoms. The van der Waals surface area contributed by atoms with Gasteiger partial charge in [0.05, 0.1) is 0 Å². The van der Waals surface area contributed by atoms with Crippen molar-refractivity contribution in [2.24, 2.45) is 0 Å². The van der Waals surface area contributed by atoms with Gasteiger partial charge in [-0.05, 0) is 31.5 Å². The number of hydrogen-bond acceptors (Lipinski definition) is 2. The zero-order chi connectivity index (χ0) is 9.84. The Labute approximate surface area is 78.5 Å². The fourth-order valence-electron chi connectivity index (χ4n) is 1.18. The number of nitrogens with zero attached hydrogens (tertiary/aromatic N) is 1. The maximum atomic E-state index is 5.02. The summed E-state index contributed by atoms with van der Waals surface area (Å²) in [7, 11) is 0. The average molecular weight is 177 g/mol. The topological polar surface area (TPSA) is 26.0 Å². The van der Waals surface area contributed by atoms with Crippen molar-refractivity contribution in [2.45, 2.75) is 27.7 Å². The van der Waals surface area contributed by atoms with Crippen LogP contribution in [0.3, 0.4) is 0 Å². The second kappa shape index (κ2) is 4.08. The lowest BCUT2D eigenvalue weighted by Crippen LogP contribution is -1.71. The smallest absolute Gasteiger partial charge is 0.141 e. The van der Waals surface area contributed by atoms with Crippen LogP contribution in [0, 0.1) is 13.8 Å². The number of hydrogen-bond donors (Lipinski definition) is 0. The van der Waals surface area contributed by atoms with Crippen LogP contribution in [0.5, 0.6) is 0 Å². The minimum absolute atomic E-state index is 0.889. The molecule has 0 N–H and O–H groups in total. The zero-order valence-electron chi connectivity index (χ0n) is 8.59. The van der Waals surface area contributed by atoms with Crippen LogP contribution in [-0.4, -0.2) is 5.16 Å². The van der Waals surface area contributed by atoms with Gasteiger partial charge in [0.15, 0.2) is 0 Å². The summed E-state index contributed by atoms with van der Waals surface area (Å²) in [5, 5.41) is 5.01. The van der Waals surface area contributed by atoms with Crippen LogP contribution in [0.2, 0.25) is 0 Å². The Morgan fingerprint density at radius 3 is 2.54 bits per heavy atom. The second-order valence-electron chi connectivity index (χ2n) is 2.76. The zero-order valence-corrected chi connectivity index (χ0v) is 8.59. The third kappa shape index (κ3) is 1.89. The van der Waals surface area contributed by atoms with E-state index in [9.17, 15) is 0 Å². The van der Waals surface area contributed by atoms with Crippen LogP contribution in [-0.2, 0) is 0 Å². The first-order chi connectivity index (χ1) is 6.27. The van der Waals surface area contributed by atoms with Gasteiger partial charge in [-0.25, -0.2) is 0 Å². The summed E-state index contributed by atoms with van der Waals surface area (Å²) in [5.41, 5.74) is 2.16. The quantitative estimate of drug-likeness (QED) is 0.615. The van der Waals surface area contributed by atoms with E-state index in [1.807, 2.05) is 39.8 Å². The molecule has 0 aliphatic rings. The van der Waals surface area contributed by atoms with Crippen LogP contribution in [0.1, 0.15) is 25.2 Å². The monoisotopic (exact) mass is 177 g/mol. The summed E-state index contributed by atoms with van der Waals surface area (Å²) in [4.78, 5) is 0. The van der Waals surface area contributed by atoms with Gasteiger partial charge in [-0.1, -0.05) is 25.1 Å². The molecule has 0 bridgehead atoms. The van der Waals surface area contributed by atoms with Gasteiger partial charge in [0.2, 0.25) is 0 Å². The van der Waals surface area contributed by atoms with E-state index in [2.05, 4.69) is 11.2 Å². The van der Waals surface area contributed by atoms with Crippen molar-refractivity contribution in [3.63, 3.8) is 0 Å². The second-order valence-corrected chi connectivity index (χ2v) is 2.76. The molecule has 1 aromatic heterocycles. The molecule has 1 heterocycles. The number of aryl methyl sites for hydroxylation is 2. The Balaban J connectivity index is 0.000000396. The molecule has 2 aromatic rings. The predicted octanol–water partition coefficient (Wildman–Crippen LogP) is 3.47. The van der Waals surface area contributed by atoms with Gasteiger partial charge in [0.1, 0.15) is 11.3 Å². The Hall–Kier alpha value is -1.31. The maximum Gasteiger partial charge on any atom is 0.141 e. The molecule has 2 nitrogen and oxygen atoms in total. The minimum atomic E-state index is 0.889. The fraction of sp³-hybridized carbons (Fsp3) is 0.364. The molecule has 0 radical (unpaired) electrons. The molecule has 70 valence electrons. The Morgan fingerprint density at radius 2 is 1.85 bits per heavy atom. The largest absolute Gasteiger partial charge is 0.360 e. The van der Waals surface area contributed by atoms with E-state index in [1.54, 1.807) is 0 Å². The number of fused-ring (bicyclic) bond motifs is 1. The van der Waals surface area contributed by atoms with Crippen molar-refractivity contribution >= 4 is 10.9 Å². The highest BCUT2D eigenvalue weighted by Gasteiger charge is 2.01. The van der Waals surface area contributed by atoms with Crippen molar-refractivity contribution in [1.82, 2.24) is 5.16 Å². The molecular formula is C11H15NO. The van der Waals surface area contributed by atoms with E-state index >= 15 is 0 Å². The highest BCUT2D eigenvalue weighted by Crippen LogP contribution is 2.17. The summed E-state index contributed by atoms with van der Waals surface area (Å²) in [5.74, 6) is 0.889. The predicted molar refractivity (Wildman–Crippen MR) is 54.8 cm³/mol. The molecule has 0 unspecified atom stereocenters. The van der Waals surface area contributed by atoms with Crippen molar-refractivity contribution < 1.29 is 4.52 Å². The number of benzene rings is 1. The Kier molecular flexibility index (Phi) is 3.07. The molecule has 0 amide bonds. The third-order valence-electron chi connectivity index (χ3n) is 1.81. The van der Waals surface area contributed by atoms with Gasteiger partial charge in [-0.2, -0.15) is 0 Å². The van der Waals surface area contributed by atoms with Crippen LogP contribution in [0.15, 0.2) is 22.7 Å². The van der Waals surface area contributed by atoms with Crippen LogP contribution < -0.4 is 0 Å². The lowest BCUT2D eigenvalue weighted by atomic mass is 10.1. The van der Waals surface area contributed by atoms with Crippen molar-refractivity contribution in [2.75, 3.05) is 0 Å². The van der Waals surface area contributed by atoms with Gasteiger partial charge in [-0.3, -0.25) is 0 Å². The molecule has 0 aliphatic carbocycles. The van der Waals surface area contributed by atoms with E-state index in [-0.39, 0.29) is 0 Å². The lowest BCUT2D eigenvalue weighted by molar-refractivity contribution is 0.405. The molecule has 0 atom stereocenters. The van der Waals surface area contributed by atoms with E-state index in [0.29, 0.717) is 0 Å². The maximum absolute atomic E-state index is 5.02. The first-order valence-electron chi connectivity index (χ1n) is 4.60. The van der Waals surface area contributed by atoms with Crippen molar-refractivity contribution in [3.8, 4) is 0 Å². The summed E-state index contributed by atoms with van der Waals surface area (Å²) in [6.07, 6.45) is 0. The molecule has 0 aliphatic heterocycles. The van der Waals surface area contributed by atoms with E-state index in [1.165, 1.54) is 5.56 Å². The van der Waals surface area contributed by atoms with Crippen LogP contribution >= 0.6 is 0 Å². The first kappa shape index (κ1) is 9.78.